The molecular weight excluding hydrogens is 520 g/mol. The average Bonchev–Trinajstić information content (AvgIpc) is 3.06. The maximum atomic E-state index is 12.2. The maximum absolute atomic E-state index is 12.2. The summed E-state index contributed by atoms with van der Waals surface area (Å²) in [5.41, 5.74) is 2.04. The first-order valence-electron chi connectivity index (χ1n) is 10.2. The molecule has 2 aliphatic rings. The molecule has 0 saturated carbocycles. The van der Waals surface area contributed by atoms with Crippen molar-refractivity contribution in [1.82, 2.24) is 9.55 Å². The standard InChI is InChI=1S/C16H27N3O14P2/c1-7-5-19(15(23)18-13(7)22)11-3-9(20)10(31-11)6-29-34(25,26)33-35(27,28)32-14-12(21)16(17,24)4-8(2)30-14/h5,8-12,14,20-21,24H,3-4,6,17H2,1-2H3,(H,25,26)(H,27,28)(H,18,22,23)/t8-,9+,10-,11-,12+,14-,16+/m1/s1. The van der Waals surface area contributed by atoms with Gasteiger partial charge in [-0.2, -0.15) is 4.31 Å². The molecule has 0 bridgehead atoms. The fourth-order valence-corrected chi connectivity index (χ4v) is 5.71. The van der Waals surface area contributed by atoms with Gasteiger partial charge in [-0.25, -0.2) is 13.9 Å². The minimum atomic E-state index is -5.43. The number of aliphatic hydroxyl groups is 3. The highest BCUT2D eigenvalue weighted by Crippen LogP contribution is 2.61. The van der Waals surface area contributed by atoms with Crippen LogP contribution in [0.2, 0.25) is 0 Å². The van der Waals surface area contributed by atoms with Crippen molar-refractivity contribution in [3.63, 3.8) is 0 Å². The molecule has 9 atom stereocenters. The van der Waals surface area contributed by atoms with Gasteiger partial charge >= 0.3 is 21.3 Å². The minimum absolute atomic E-state index is 0.144. The zero-order valence-corrected chi connectivity index (χ0v) is 20.3. The Labute approximate surface area is 197 Å². The zero-order chi connectivity index (χ0) is 26.3. The summed E-state index contributed by atoms with van der Waals surface area (Å²) in [5, 5.41) is 30.1. The predicted molar refractivity (Wildman–Crippen MR) is 112 cm³/mol. The molecule has 1 aromatic heterocycles. The average molecular weight is 547 g/mol. The number of aliphatic hydroxyl groups excluding tert-OH is 2. The summed E-state index contributed by atoms with van der Waals surface area (Å²) in [6, 6.07) is 0. The molecule has 2 aliphatic heterocycles. The Balaban J connectivity index is 1.60. The lowest BCUT2D eigenvalue weighted by Crippen LogP contribution is -2.62. The van der Waals surface area contributed by atoms with Gasteiger partial charge in [-0.3, -0.25) is 23.4 Å². The van der Waals surface area contributed by atoms with E-state index in [1.54, 1.807) is 0 Å². The zero-order valence-electron chi connectivity index (χ0n) is 18.5. The number of aryl methyl sites for hydroxylation is 1. The number of aromatic amines is 1. The van der Waals surface area contributed by atoms with E-state index in [4.69, 9.17) is 15.2 Å². The van der Waals surface area contributed by atoms with Crippen LogP contribution in [0, 0.1) is 6.92 Å². The normalized spacial score (nSPS) is 37.0. The molecule has 19 heteroatoms. The van der Waals surface area contributed by atoms with Crippen LogP contribution in [-0.2, 0) is 32.0 Å². The van der Waals surface area contributed by atoms with Crippen molar-refractivity contribution in [2.45, 2.75) is 69.3 Å². The van der Waals surface area contributed by atoms with Crippen molar-refractivity contribution in [3.8, 4) is 0 Å². The van der Waals surface area contributed by atoms with Gasteiger partial charge in [-0.15, -0.1) is 0 Å². The third-order valence-corrected chi connectivity index (χ3v) is 7.86. The number of nitrogens with one attached hydrogen (secondary N) is 1. The molecular formula is C16H27N3O14P2. The van der Waals surface area contributed by atoms with E-state index in [0.717, 1.165) is 4.57 Å². The minimum Gasteiger partial charge on any atom is -0.390 e. The van der Waals surface area contributed by atoms with Crippen molar-refractivity contribution in [3.05, 3.63) is 32.6 Å². The molecule has 35 heavy (non-hydrogen) atoms. The van der Waals surface area contributed by atoms with Crippen LogP contribution in [0.4, 0.5) is 0 Å². The van der Waals surface area contributed by atoms with Gasteiger partial charge in [0.25, 0.3) is 5.56 Å². The van der Waals surface area contributed by atoms with E-state index in [1.165, 1.54) is 20.0 Å². The molecule has 200 valence electrons. The van der Waals surface area contributed by atoms with Gasteiger partial charge in [-0.05, 0) is 13.8 Å². The predicted octanol–water partition coefficient (Wildman–Crippen LogP) is -2.11. The molecule has 0 amide bonds. The van der Waals surface area contributed by atoms with Crippen LogP contribution in [0.25, 0.3) is 0 Å². The van der Waals surface area contributed by atoms with Crippen LogP contribution in [0.15, 0.2) is 15.8 Å². The van der Waals surface area contributed by atoms with Crippen LogP contribution >= 0.6 is 15.6 Å². The molecule has 2 fully saturated rings. The largest absolute Gasteiger partial charge is 0.483 e. The number of aromatic nitrogens is 2. The molecule has 8 N–H and O–H groups in total. The Morgan fingerprint density at radius 2 is 1.91 bits per heavy atom. The van der Waals surface area contributed by atoms with Gasteiger partial charge in [0.15, 0.2) is 6.29 Å². The third-order valence-electron chi connectivity index (χ3n) is 5.26. The number of hydrogen-bond donors (Lipinski definition) is 7. The second-order valence-electron chi connectivity index (χ2n) is 8.29. The summed E-state index contributed by atoms with van der Waals surface area (Å²) in [6.07, 6.45) is -7.56. The van der Waals surface area contributed by atoms with Gasteiger partial charge in [0.1, 0.15) is 24.2 Å². The summed E-state index contributed by atoms with van der Waals surface area (Å²) in [7, 11) is -10.7. The number of nitrogens with two attached hydrogens (primary N) is 1. The van der Waals surface area contributed by atoms with Gasteiger partial charge in [-0.1, -0.05) is 0 Å². The van der Waals surface area contributed by atoms with Crippen molar-refractivity contribution in [2.24, 2.45) is 5.73 Å². The van der Waals surface area contributed by atoms with Gasteiger partial charge in [0, 0.05) is 24.6 Å². The van der Waals surface area contributed by atoms with Crippen LogP contribution in [0.1, 0.15) is 31.6 Å². The second-order valence-corrected chi connectivity index (χ2v) is 11.3. The first-order valence-corrected chi connectivity index (χ1v) is 13.2. The molecule has 17 nitrogen and oxygen atoms in total. The summed E-state index contributed by atoms with van der Waals surface area (Å²) in [4.78, 5) is 45.2. The fraction of sp³-hybridized carbons (Fsp3) is 0.750. The molecule has 1 aromatic rings. The van der Waals surface area contributed by atoms with E-state index in [1.807, 2.05) is 0 Å². The molecule has 3 heterocycles. The van der Waals surface area contributed by atoms with Crippen LogP contribution in [0.3, 0.4) is 0 Å². The summed E-state index contributed by atoms with van der Waals surface area (Å²) < 4.78 is 49.3. The fourth-order valence-electron chi connectivity index (χ4n) is 3.56. The number of phosphoric acid groups is 2. The van der Waals surface area contributed by atoms with E-state index in [2.05, 4.69) is 18.3 Å². The topological polar surface area (TPSA) is 262 Å². The monoisotopic (exact) mass is 547 g/mol. The quantitative estimate of drug-likeness (QED) is 0.136. The highest BCUT2D eigenvalue weighted by atomic mass is 31.3. The van der Waals surface area contributed by atoms with Crippen molar-refractivity contribution in [2.75, 3.05) is 6.61 Å². The lowest BCUT2D eigenvalue weighted by molar-refractivity contribution is -0.267. The SMILES string of the molecule is Cc1cn([C@H]2C[C@H](O)[C@@H](COP(=O)(O)OP(=O)(O)O[C@H]3O[C@H](C)C[C@](N)(O)[C@H]3O)O2)c(=O)[nH]c1=O. The van der Waals surface area contributed by atoms with E-state index in [0.29, 0.717) is 0 Å². The number of nitrogens with zero attached hydrogens (tertiary/aromatic N) is 1. The highest BCUT2D eigenvalue weighted by molar-refractivity contribution is 7.61. The number of phosphoric ester groups is 2. The molecule has 3 rings (SSSR count). The van der Waals surface area contributed by atoms with E-state index in [-0.39, 0.29) is 18.4 Å². The Kier molecular flexibility index (Phi) is 8.26. The molecule has 0 aromatic carbocycles. The van der Waals surface area contributed by atoms with Crippen molar-refractivity contribution in [1.29, 1.82) is 0 Å². The number of hydrogen-bond acceptors (Lipinski definition) is 13. The van der Waals surface area contributed by atoms with E-state index >= 15 is 0 Å². The molecule has 0 spiro atoms. The van der Waals surface area contributed by atoms with Crippen LogP contribution in [0.5, 0.6) is 0 Å². The highest BCUT2D eigenvalue weighted by Gasteiger charge is 2.49. The summed E-state index contributed by atoms with van der Waals surface area (Å²) in [6.45, 7) is 2.05. The Morgan fingerprint density at radius 1 is 1.26 bits per heavy atom. The van der Waals surface area contributed by atoms with Gasteiger partial charge in [0.05, 0.1) is 18.8 Å². The molecule has 0 aliphatic carbocycles. The maximum Gasteiger partial charge on any atom is 0.483 e. The second kappa shape index (κ2) is 10.2. The third kappa shape index (κ3) is 6.93. The van der Waals surface area contributed by atoms with E-state index in [9.17, 15) is 43.8 Å². The summed E-state index contributed by atoms with van der Waals surface area (Å²) >= 11 is 0. The number of ether oxygens (including phenoxy) is 2. The summed E-state index contributed by atoms with van der Waals surface area (Å²) in [5.74, 6) is 0. The van der Waals surface area contributed by atoms with Gasteiger partial charge < -0.3 is 40.3 Å². The van der Waals surface area contributed by atoms with Crippen molar-refractivity contribution >= 4 is 15.6 Å². The lowest BCUT2D eigenvalue weighted by Gasteiger charge is -2.41. The Hall–Kier alpha value is -1.30. The first-order chi connectivity index (χ1) is 16.0. The number of rotatable bonds is 8. The Bertz CT molecular complexity index is 1140. The van der Waals surface area contributed by atoms with E-state index < -0.39 is 76.2 Å². The molecule has 0 radical (unpaired) electrons. The Morgan fingerprint density at radius 3 is 2.57 bits per heavy atom. The first kappa shape index (κ1) is 28.3. The van der Waals surface area contributed by atoms with Crippen molar-refractivity contribution < 1.29 is 57.1 Å². The van der Waals surface area contributed by atoms with Gasteiger partial charge in [0.2, 0.25) is 0 Å². The van der Waals surface area contributed by atoms with Crippen LogP contribution < -0.4 is 17.0 Å². The smallest absolute Gasteiger partial charge is 0.390 e. The lowest BCUT2D eigenvalue weighted by atomic mass is 9.97. The number of H-pyrrole nitrogens is 1. The van der Waals surface area contributed by atoms with Crippen LogP contribution in [-0.4, -0.2) is 77.7 Å². The molecule has 2 saturated heterocycles. The molecule has 2 unspecified atom stereocenters.